The predicted octanol–water partition coefficient (Wildman–Crippen LogP) is 3.88. The van der Waals surface area contributed by atoms with Gasteiger partial charge in [-0.15, -0.1) is 0 Å². The first-order chi connectivity index (χ1) is 12.8. The molecule has 0 N–H and O–H groups in total. The molecule has 1 heterocycles. The van der Waals surface area contributed by atoms with E-state index in [9.17, 15) is 4.79 Å². The van der Waals surface area contributed by atoms with E-state index in [4.69, 9.17) is 23.5 Å². The summed E-state index contributed by atoms with van der Waals surface area (Å²) in [5, 5.41) is 0. The summed E-state index contributed by atoms with van der Waals surface area (Å²) in [6.07, 6.45) is 4.36. The number of amides is 1. The molecule has 0 aromatic heterocycles. The quantitative estimate of drug-likeness (QED) is 0.333. The largest absolute Gasteiger partial charge is 0.461 e. The van der Waals surface area contributed by atoms with Gasteiger partial charge in [-0.1, -0.05) is 12.2 Å². The number of ether oxygens (including phenoxy) is 3. The summed E-state index contributed by atoms with van der Waals surface area (Å²) in [5.74, 6) is 0. The summed E-state index contributed by atoms with van der Waals surface area (Å²) in [7, 11) is 2.87. The van der Waals surface area contributed by atoms with Crippen molar-refractivity contribution in [3.05, 3.63) is 12.2 Å². The van der Waals surface area contributed by atoms with E-state index in [1.807, 2.05) is 60.6 Å². The summed E-state index contributed by atoms with van der Waals surface area (Å²) in [4.78, 5) is 14.1. The molecule has 1 rings (SSSR count). The molecule has 0 saturated carbocycles. The van der Waals surface area contributed by atoms with Gasteiger partial charge in [0.25, 0.3) is 0 Å². The van der Waals surface area contributed by atoms with Crippen molar-refractivity contribution in [2.75, 3.05) is 27.3 Å². The van der Waals surface area contributed by atoms with Crippen LogP contribution >= 0.6 is 0 Å². The molecule has 0 aromatic carbocycles. The minimum Gasteiger partial charge on any atom is -0.444 e. The van der Waals surface area contributed by atoms with Crippen molar-refractivity contribution in [3.63, 3.8) is 0 Å². The molecule has 0 radical (unpaired) electrons. The summed E-state index contributed by atoms with van der Waals surface area (Å²) >= 11 is 0. The minimum absolute atomic E-state index is 0.289. The first kappa shape index (κ1) is 25.0. The van der Waals surface area contributed by atoms with Crippen molar-refractivity contribution in [1.82, 2.24) is 4.90 Å². The maximum absolute atomic E-state index is 12.5. The second-order valence-electron chi connectivity index (χ2n) is 9.01. The monoisotopic (exact) mass is 399 g/mol. The topological polar surface area (TPSA) is 66.5 Å². The molecule has 0 spiro atoms. The Labute approximate surface area is 170 Å². The lowest BCUT2D eigenvalue weighted by Gasteiger charge is -2.32. The van der Waals surface area contributed by atoms with Gasteiger partial charge in [0.1, 0.15) is 5.60 Å². The number of methoxy groups -OCH3 is 2. The van der Waals surface area contributed by atoms with Crippen LogP contribution in [0.5, 0.6) is 0 Å². The highest BCUT2D eigenvalue weighted by Gasteiger charge is 2.50. The molecule has 0 aliphatic carbocycles. The molecule has 0 unspecified atom stereocenters. The van der Waals surface area contributed by atoms with Crippen LogP contribution in [0.25, 0.3) is 0 Å². The number of hydrogen-bond donors (Lipinski definition) is 0. The summed E-state index contributed by atoms with van der Waals surface area (Å²) in [5.41, 5.74) is -1.24. The normalized spacial score (nSPS) is 18.9. The van der Waals surface area contributed by atoms with Gasteiger partial charge in [-0.25, -0.2) is 4.79 Å². The van der Waals surface area contributed by atoms with E-state index in [2.05, 4.69) is 0 Å². The van der Waals surface area contributed by atoms with Crippen LogP contribution in [0, 0.1) is 0 Å². The maximum atomic E-state index is 12.5. The van der Waals surface area contributed by atoms with Gasteiger partial charge in [-0.3, -0.25) is 0 Å². The van der Waals surface area contributed by atoms with Crippen molar-refractivity contribution >= 4 is 13.2 Å². The Morgan fingerprint density at radius 1 is 1.07 bits per heavy atom. The van der Waals surface area contributed by atoms with E-state index in [-0.39, 0.29) is 30.7 Å². The molecule has 1 saturated heterocycles. The van der Waals surface area contributed by atoms with Gasteiger partial charge in [-0.2, -0.15) is 0 Å². The van der Waals surface area contributed by atoms with Crippen LogP contribution in [0.3, 0.4) is 0 Å². The molecule has 28 heavy (non-hydrogen) atoms. The number of hydrogen-bond acceptors (Lipinski definition) is 6. The maximum Gasteiger partial charge on any atom is 0.461 e. The molecule has 1 aliphatic heterocycles. The molecule has 1 amide bonds. The summed E-state index contributed by atoms with van der Waals surface area (Å²) < 4.78 is 27.9. The zero-order valence-electron chi connectivity index (χ0n) is 19.0. The highest BCUT2D eigenvalue weighted by atomic mass is 16.7. The highest BCUT2D eigenvalue weighted by Crippen LogP contribution is 2.37. The van der Waals surface area contributed by atoms with E-state index >= 15 is 0 Å². The Morgan fingerprint density at radius 2 is 1.61 bits per heavy atom. The van der Waals surface area contributed by atoms with Gasteiger partial charge in [-0.05, 0) is 48.5 Å². The lowest BCUT2D eigenvalue weighted by atomic mass is 9.85. The summed E-state index contributed by atoms with van der Waals surface area (Å²) in [6, 6.07) is 0. The van der Waals surface area contributed by atoms with Crippen LogP contribution in [0.2, 0.25) is 6.32 Å². The molecule has 1 aliphatic rings. The third-order valence-corrected chi connectivity index (χ3v) is 4.94. The second kappa shape index (κ2) is 10.1. The number of carbonyl (C=O) groups is 1. The fourth-order valence-corrected chi connectivity index (χ4v) is 2.65. The molecule has 0 atom stereocenters. The molecule has 7 nitrogen and oxygen atoms in total. The van der Waals surface area contributed by atoms with Crippen molar-refractivity contribution in [3.8, 4) is 0 Å². The van der Waals surface area contributed by atoms with Crippen molar-refractivity contribution in [1.29, 1.82) is 0 Å². The lowest BCUT2D eigenvalue weighted by Crippen LogP contribution is -2.41. The Bertz CT molecular complexity index is 509. The van der Waals surface area contributed by atoms with Crippen LogP contribution in [0.1, 0.15) is 54.9 Å². The first-order valence-corrected chi connectivity index (χ1v) is 9.85. The van der Waals surface area contributed by atoms with E-state index in [1.54, 1.807) is 19.1 Å². The van der Waals surface area contributed by atoms with Crippen LogP contribution in [0.4, 0.5) is 4.79 Å². The Balaban J connectivity index is 2.62. The average Bonchev–Trinajstić information content (AvgIpc) is 2.75. The van der Waals surface area contributed by atoms with Crippen molar-refractivity contribution in [2.24, 2.45) is 0 Å². The van der Waals surface area contributed by atoms with Gasteiger partial charge in [0.15, 0.2) is 6.29 Å². The van der Waals surface area contributed by atoms with Gasteiger partial charge < -0.3 is 28.4 Å². The van der Waals surface area contributed by atoms with E-state index < -0.39 is 5.60 Å². The van der Waals surface area contributed by atoms with Crippen LogP contribution in [-0.4, -0.2) is 68.5 Å². The third-order valence-electron chi connectivity index (χ3n) is 4.94. The van der Waals surface area contributed by atoms with Gasteiger partial charge >= 0.3 is 13.2 Å². The molecule has 8 heteroatoms. The number of rotatable bonds is 9. The van der Waals surface area contributed by atoms with Gasteiger partial charge in [0, 0.05) is 40.1 Å². The first-order valence-electron chi connectivity index (χ1n) is 9.85. The number of carbonyl (C=O) groups excluding carboxylic acids is 1. The average molecular weight is 399 g/mol. The fraction of sp³-hybridized carbons (Fsp3) is 0.850. The fourth-order valence-electron chi connectivity index (χ4n) is 2.65. The Morgan fingerprint density at radius 3 is 2.07 bits per heavy atom. The molecule has 0 aromatic rings. The van der Waals surface area contributed by atoms with E-state index in [0.717, 1.165) is 0 Å². The van der Waals surface area contributed by atoms with Gasteiger partial charge in [0.2, 0.25) is 0 Å². The molecule has 162 valence electrons. The molecular formula is C20H38BNO6. The lowest BCUT2D eigenvalue weighted by molar-refractivity contribution is -0.108. The van der Waals surface area contributed by atoms with Crippen molar-refractivity contribution in [2.45, 2.75) is 84.3 Å². The number of allylic oxidation sites excluding steroid dienone is 1. The second-order valence-corrected chi connectivity index (χ2v) is 9.01. The predicted molar refractivity (Wildman–Crippen MR) is 110 cm³/mol. The van der Waals surface area contributed by atoms with Crippen molar-refractivity contribution < 1.29 is 28.3 Å². The Hall–Kier alpha value is -1.09. The summed E-state index contributed by atoms with van der Waals surface area (Å²) in [6.45, 7) is 14.6. The number of nitrogens with zero attached hydrogens (tertiary/aromatic N) is 1. The molecular weight excluding hydrogens is 361 g/mol. The SMILES string of the molecule is COC(CCN(C/C=C/CB1OC(C)(C)C(C)(C)O1)C(=O)OC(C)(C)C)OC. The molecule has 1 fully saturated rings. The smallest absolute Gasteiger partial charge is 0.444 e. The Kier molecular flexibility index (Phi) is 9.00. The van der Waals surface area contributed by atoms with E-state index in [0.29, 0.717) is 25.8 Å². The molecule has 0 bridgehead atoms. The highest BCUT2D eigenvalue weighted by molar-refractivity contribution is 6.46. The van der Waals surface area contributed by atoms with Crippen LogP contribution in [-0.2, 0) is 23.5 Å². The minimum atomic E-state index is -0.552. The standard InChI is InChI=1S/C20H38BNO6/c1-18(2,3)26-17(23)22(15-12-16(24-8)25-9)14-11-10-13-21-27-19(4,5)20(6,7)28-21/h10-11,16H,12-15H2,1-9H3/b11-10+. The zero-order valence-corrected chi connectivity index (χ0v) is 19.0. The van der Waals surface area contributed by atoms with Crippen LogP contribution < -0.4 is 0 Å². The van der Waals surface area contributed by atoms with E-state index in [1.165, 1.54) is 0 Å². The zero-order chi connectivity index (χ0) is 21.6. The third kappa shape index (κ3) is 7.74. The van der Waals surface area contributed by atoms with Gasteiger partial charge in [0.05, 0.1) is 11.2 Å². The van der Waals surface area contributed by atoms with Crippen LogP contribution in [0.15, 0.2) is 12.2 Å².